The number of benzene rings is 1. The van der Waals surface area contributed by atoms with E-state index in [-0.39, 0.29) is 12.3 Å². The minimum Gasteiger partial charge on any atom is -0.497 e. The predicted molar refractivity (Wildman–Crippen MR) is 98.1 cm³/mol. The molecule has 1 aromatic carbocycles. The Hall–Kier alpha value is -3.41. The molecule has 0 N–H and O–H groups in total. The molecule has 3 aromatic heterocycles. The van der Waals surface area contributed by atoms with Gasteiger partial charge in [-0.05, 0) is 36.4 Å². The average molecular weight is 365 g/mol. The van der Waals surface area contributed by atoms with Crippen molar-refractivity contribution in [2.45, 2.75) is 19.5 Å². The van der Waals surface area contributed by atoms with E-state index in [9.17, 15) is 4.79 Å². The molecule has 27 heavy (non-hydrogen) atoms. The monoisotopic (exact) mass is 365 g/mol. The van der Waals surface area contributed by atoms with Crippen LogP contribution in [0, 0.1) is 0 Å². The largest absolute Gasteiger partial charge is 0.497 e. The fourth-order valence-corrected chi connectivity index (χ4v) is 3.02. The number of rotatable bonds is 7. The Labute approximate surface area is 155 Å². The van der Waals surface area contributed by atoms with Gasteiger partial charge in [-0.25, -0.2) is 0 Å². The fraction of sp³-hybridized carbons (Fsp3) is 0.190. The third kappa shape index (κ3) is 3.74. The maximum absolute atomic E-state index is 13.0. The summed E-state index contributed by atoms with van der Waals surface area (Å²) in [5, 5.41) is 0.903. The first-order chi connectivity index (χ1) is 13.2. The molecule has 138 valence electrons. The fourth-order valence-electron chi connectivity index (χ4n) is 3.02. The number of methoxy groups -OCH3 is 1. The summed E-state index contributed by atoms with van der Waals surface area (Å²) in [4.78, 5) is 14.7. The van der Waals surface area contributed by atoms with Gasteiger partial charge < -0.3 is 22.9 Å². The molecular formula is C21H19NO5. The van der Waals surface area contributed by atoms with Gasteiger partial charge in [0, 0.05) is 17.0 Å². The van der Waals surface area contributed by atoms with Crippen LogP contribution in [0.3, 0.4) is 0 Å². The molecule has 0 bridgehead atoms. The van der Waals surface area contributed by atoms with Crippen LogP contribution in [0.15, 0.2) is 74.5 Å². The Morgan fingerprint density at radius 3 is 2.30 bits per heavy atom. The lowest BCUT2D eigenvalue weighted by Gasteiger charge is -2.20. The molecule has 0 aliphatic rings. The van der Waals surface area contributed by atoms with Gasteiger partial charge in [-0.15, -0.1) is 0 Å². The zero-order valence-electron chi connectivity index (χ0n) is 14.9. The summed E-state index contributed by atoms with van der Waals surface area (Å²) in [5.41, 5.74) is 1.53. The van der Waals surface area contributed by atoms with Gasteiger partial charge in [-0.3, -0.25) is 4.79 Å². The summed E-state index contributed by atoms with van der Waals surface area (Å²) in [6, 6.07) is 12.9. The lowest BCUT2D eigenvalue weighted by molar-refractivity contribution is -0.132. The van der Waals surface area contributed by atoms with E-state index in [0.717, 1.165) is 22.5 Å². The van der Waals surface area contributed by atoms with E-state index in [1.807, 2.05) is 42.5 Å². The number of carbonyl (C=O) groups is 1. The van der Waals surface area contributed by atoms with Crippen LogP contribution in [0.4, 0.5) is 0 Å². The van der Waals surface area contributed by atoms with E-state index in [1.165, 1.54) is 0 Å². The molecule has 0 saturated carbocycles. The molecule has 4 rings (SSSR count). The molecule has 0 spiro atoms. The number of fused-ring (bicyclic) bond motifs is 1. The molecule has 1 amide bonds. The van der Waals surface area contributed by atoms with Crippen LogP contribution in [-0.2, 0) is 24.3 Å². The zero-order valence-corrected chi connectivity index (χ0v) is 14.9. The number of carbonyl (C=O) groups excluding carboxylic acids is 1. The topological polar surface area (TPSA) is 69.0 Å². The van der Waals surface area contributed by atoms with Gasteiger partial charge in [0.05, 0.1) is 45.4 Å². The van der Waals surface area contributed by atoms with Gasteiger partial charge in [0.15, 0.2) is 0 Å². The highest BCUT2D eigenvalue weighted by atomic mass is 16.5. The van der Waals surface area contributed by atoms with Gasteiger partial charge in [-0.2, -0.15) is 0 Å². The van der Waals surface area contributed by atoms with Gasteiger partial charge >= 0.3 is 0 Å². The van der Waals surface area contributed by atoms with Gasteiger partial charge in [0.25, 0.3) is 0 Å². The first-order valence-electron chi connectivity index (χ1n) is 8.59. The van der Waals surface area contributed by atoms with Crippen molar-refractivity contribution < 1.29 is 22.8 Å². The number of amides is 1. The van der Waals surface area contributed by atoms with Gasteiger partial charge in [0.1, 0.15) is 22.9 Å². The Bertz CT molecular complexity index is 978. The lowest BCUT2D eigenvalue weighted by atomic mass is 10.1. The molecule has 3 heterocycles. The van der Waals surface area contributed by atoms with Gasteiger partial charge in [0.2, 0.25) is 5.91 Å². The van der Waals surface area contributed by atoms with Crippen LogP contribution in [0.2, 0.25) is 0 Å². The van der Waals surface area contributed by atoms with Crippen LogP contribution in [0.5, 0.6) is 5.75 Å². The van der Waals surface area contributed by atoms with Crippen molar-refractivity contribution in [3.63, 3.8) is 0 Å². The van der Waals surface area contributed by atoms with Crippen LogP contribution in [-0.4, -0.2) is 17.9 Å². The molecule has 0 fully saturated rings. The standard InChI is InChI=1S/C21H19NO5/c1-24-16-6-7-19-15(14-27-20(19)11-16)10-21(23)22(12-17-4-2-8-25-17)13-18-5-3-9-26-18/h2-9,11,14H,10,12-13H2,1H3. The molecule has 0 atom stereocenters. The number of furan rings is 3. The van der Waals surface area contributed by atoms with E-state index in [2.05, 4.69) is 0 Å². The molecule has 0 aliphatic carbocycles. The third-order valence-corrected chi connectivity index (χ3v) is 4.41. The molecule has 0 saturated heterocycles. The van der Waals surface area contributed by atoms with Crippen molar-refractivity contribution in [1.29, 1.82) is 0 Å². The lowest BCUT2D eigenvalue weighted by Crippen LogP contribution is -2.31. The Morgan fingerprint density at radius 1 is 1.00 bits per heavy atom. The minimum absolute atomic E-state index is 0.0404. The van der Waals surface area contributed by atoms with Crippen LogP contribution in [0.25, 0.3) is 11.0 Å². The highest BCUT2D eigenvalue weighted by molar-refractivity contribution is 5.88. The Kier molecular flexibility index (Phi) is 4.70. The van der Waals surface area contributed by atoms with E-state index < -0.39 is 0 Å². The first kappa shape index (κ1) is 17.0. The smallest absolute Gasteiger partial charge is 0.227 e. The predicted octanol–water partition coefficient (Wildman–Crippen LogP) is 4.40. The highest BCUT2D eigenvalue weighted by Crippen LogP contribution is 2.26. The average Bonchev–Trinajstić information content (AvgIpc) is 3.43. The highest BCUT2D eigenvalue weighted by Gasteiger charge is 2.20. The number of nitrogens with zero attached hydrogens (tertiary/aromatic N) is 1. The first-order valence-corrected chi connectivity index (χ1v) is 8.59. The molecule has 4 aromatic rings. The number of ether oxygens (including phenoxy) is 1. The van der Waals surface area contributed by atoms with Crippen molar-refractivity contribution in [3.05, 3.63) is 78.3 Å². The summed E-state index contributed by atoms with van der Waals surface area (Å²) >= 11 is 0. The van der Waals surface area contributed by atoms with Crippen LogP contribution >= 0.6 is 0 Å². The Balaban J connectivity index is 1.55. The van der Waals surface area contributed by atoms with Crippen molar-refractivity contribution in [2.75, 3.05) is 7.11 Å². The van der Waals surface area contributed by atoms with E-state index in [4.69, 9.17) is 18.0 Å². The normalized spacial score (nSPS) is 11.0. The van der Waals surface area contributed by atoms with Crippen LogP contribution < -0.4 is 4.74 Å². The van der Waals surface area contributed by atoms with Crippen molar-refractivity contribution >= 4 is 16.9 Å². The minimum atomic E-state index is -0.0404. The molecule has 0 unspecified atom stereocenters. The van der Waals surface area contributed by atoms with Crippen molar-refractivity contribution in [2.24, 2.45) is 0 Å². The summed E-state index contributed by atoms with van der Waals surface area (Å²) in [5.74, 6) is 2.11. The summed E-state index contributed by atoms with van der Waals surface area (Å²) < 4.78 is 21.6. The summed E-state index contributed by atoms with van der Waals surface area (Å²) in [6.07, 6.45) is 5.05. The third-order valence-electron chi connectivity index (χ3n) is 4.41. The molecular weight excluding hydrogens is 346 g/mol. The number of hydrogen-bond acceptors (Lipinski definition) is 5. The molecule has 0 aliphatic heterocycles. The van der Waals surface area contributed by atoms with E-state index >= 15 is 0 Å². The van der Waals surface area contributed by atoms with Crippen LogP contribution in [0.1, 0.15) is 17.1 Å². The van der Waals surface area contributed by atoms with Crippen molar-refractivity contribution in [3.8, 4) is 5.75 Å². The second-order valence-corrected chi connectivity index (χ2v) is 6.21. The van der Waals surface area contributed by atoms with Gasteiger partial charge in [-0.1, -0.05) is 0 Å². The molecule has 6 nitrogen and oxygen atoms in total. The quantitative estimate of drug-likeness (QED) is 0.485. The second kappa shape index (κ2) is 7.45. The Morgan fingerprint density at radius 2 is 1.70 bits per heavy atom. The van der Waals surface area contributed by atoms with E-state index in [1.54, 1.807) is 30.8 Å². The summed E-state index contributed by atoms with van der Waals surface area (Å²) in [6.45, 7) is 0.742. The SMILES string of the molecule is COc1ccc2c(CC(=O)N(Cc3ccco3)Cc3ccco3)coc2c1. The molecule has 6 heteroatoms. The van der Waals surface area contributed by atoms with E-state index in [0.29, 0.717) is 24.4 Å². The number of hydrogen-bond donors (Lipinski definition) is 0. The maximum atomic E-state index is 13.0. The molecule has 0 radical (unpaired) electrons. The summed E-state index contributed by atoms with van der Waals surface area (Å²) in [7, 11) is 1.61. The maximum Gasteiger partial charge on any atom is 0.227 e. The van der Waals surface area contributed by atoms with Crippen molar-refractivity contribution in [1.82, 2.24) is 4.90 Å². The second-order valence-electron chi connectivity index (χ2n) is 6.21. The zero-order chi connectivity index (χ0) is 18.6.